The highest BCUT2D eigenvalue weighted by molar-refractivity contribution is 6.31. The molecule has 0 aliphatic rings. The van der Waals surface area contributed by atoms with Crippen molar-refractivity contribution in [2.45, 2.75) is 45.7 Å². The summed E-state index contributed by atoms with van der Waals surface area (Å²) in [7, 11) is 1.61. The number of carbonyl (C=O) groups excluding carboxylic acids is 2. The fourth-order valence-corrected chi connectivity index (χ4v) is 3.22. The fourth-order valence-electron chi connectivity index (χ4n) is 2.99. The van der Waals surface area contributed by atoms with Gasteiger partial charge < -0.3 is 15.0 Å². The summed E-state index contributed by atoms with van der Waals surface area (Å²) >= 11 is 6.21. The summed E-state index contributed by atoms with van der Waals surface area (Å²) in [4.78, 5) is 27.2. The van der Waals surface area contributed by atoms with Crippen molar-refractivity contribution >= 4 is 23.4 Å². The Bertz CT molecular complexity index is 808. The third kappa shape index (κ3) is 6.79. The number of benzene rings is 2. The molecule has 0 aliphatic carbocycles. The van der Waals surface area contributed by atoms with Crippen molar-refractivity contribution in [2.24, 2.45) is 0 Å². The minimum Gasteiger partial charge on any atom is -0.497 e. The number of halogens is 1. The average Bonchev–Trinajstić information content (AvgIpc) is 2.75. The lowest BCUT2D eigenvalue weighted by molar-refractivity contribution is -0.140. The van der Waals surface area contributed by atoms with Crippen LogP contribution in [-0.2, 0) is 22.6 Å². The predicted molar refractivity (Wildman–Crippen MR) is 116 cm³/mol. The van der Waals surface area contributed by atoms with Gasteiger partial charge in [0.25, 0.3) is 0 Å². The van der Waals surface area contributed by atoms with Gasteiger partial charge in [0.05, 0.1) is 7.11 Å². The molecule has 6 heteroatoms. The van der Waals surface area contributed by atoms with Crippen LogP contribution in [0.1, 0.15) is 37.8 Å². The van der Waals surface area contributed by atoms with E-state index < -0.39 is 6.04 Å². The number of rotatable bonds is 10. The molecular weight excluding hydrogens is 388 g/mol. The van der Waals surface area contributed by atoms with Gasteiger partial charge in [-0.05, 0) is 49.1 Å². The molecule has 0 aliphatic heterocycles. The van der Waals surface area contributed by atoms with Crippen LogP contribution in [0.3, 0.4) is 0 Å². The molecule has 0 fully saturated rings. The van der Waals surface area contributed by atoms with E-state index >= 15 is 0 Å². The van der Waals surface area contributed by atoms with Gasteiger partial charge in [0, 0.05) is 24.5 Å². The zero-order valence-electron chi connectivity index (χ0n) is 17.3. The highest BCUT2D eigenvalue weighted by Crippen LogP contribution is 2.19. The Morgan fingerprint density at radius 2 is 1.83 bits per heavy atom. The summed E-state index contributed by atoms with van der Waals surface area (Å²) < 4.78 is 5.19. The number of nitrogens with zero attached hydrogens (tertiary/aromatic N) is 1. The lowest BCUT2D eigenvalue weighted by Crippen LogP contribution is -2.47. The molecule has 1 atom stereocenters. The Balaban J connectivity index is 2.14. The molecule has 0 aromatic heterocycles. The first-order valence-corrected chi connectivity index (χ1v) is 10.3. The number of hydrogen-bond acceptors (Lipinski definition) is 3. The Hall–Kier alpha value is -2.53. The van der Waals surface area contributed by atoms with Crippen LogP contribution in [0.2, 0.25) is 5.02 Å². The molecule has 0 heterocycles. The maximum atomic E-state index is 13.1. The van der Waals surface area contributed by atoms with Crippen molar-refractivity contribution in [3.8, 4) is 5.75 Å². The highest BCUT2D eigenvalue weighted by atomic mass is 35.5. The van der Waals surface area contributed by atoms with Gasteiger partial charge >= 0.3 is 0 Å². The molecular formula is C23H29ClN2O3. The lowest BCUT2D eigenvalue weighted by atomic mass is 10.1. The van der Waals surface area contributed by atoms with Crippen LogP contribution in [0.4, 0.5) is 0 Å². The maximum Gasteiger partial charge on any atom is 0.242 e. The normalized spacial score (nSPS) is 11.6. The summed E-state index contributed by atoms with van der Waals surface area (Å²) in [5.74, 6) is 0.519. The quantitative estimate of drug-likeness (QED) is 0.630. The molecule has 2 aromatic rings. The fraction of sp³-hybridized carbons (Fsp3) is 0.391. The summed E-state index contributed by atoms with van der Waals surface area (Å²) in [6.45, 7) is 4.70. The van der Waals surface area contributed by atoms with Crippen LogP contribution in [0.15, 0.2) is 48.5 Å². The number of amides is 2. The van der Waals surface area contributed by atoms with Gasteiger partial charge in [0.1, 0.15) is 11.8 Å². The molecule has 29 heavy (non-hydrogen) atoms. The molecule has 5 nitrogen and oxygen atoms in total. The summed E-state index contributed by atoms with van der Waals surface area (Å²) in [6, 6.07) is 14.5. The first-order valence-electron chi connectivity index (χ1n) is 9.89. The third-order valence-electron chi connectivity index (χ3n) is 4.79. The smallest absolute Gasteiger partial charge is 0.242 e. The van der Waals surface area contributed by atoms with Crippen LogP contribution >= 0.6 is 11.6 Å². The van der Waals surface area contributed by atoms with Gasteiger partial charge in [0.2, 0.25) is 11.8 Å². The Morgan fingerprint density at radius 3 is 2.45 bits per heavy atom. The molecule has 2 amide bonds. The van der Waals surface area contributed by atoms with Crippen LogP contribution < -0.4 is 10.1 Å². The van der Waals surface area contributed by atoms with Crippen molar-refractivity contribution in [3.63, 3.8) is 0 Å². The number of ether oxygens (including phenoxy) is 1. The van der Waals surface area contributed by atoms with Gasteiger partial charge in [-0.3, -0.25) is 9.59 Å². The Morgan fingerprint density at radius 1 is 1.14 bits per heavy atom. The zero-order chi connectivity index (χ0) is 21.2. The molecule has 0 saturated carbocycles. The van der Waals surface area contributed by atoms with E-state index in [1.54, 1.807) is 18.9 Å². The number of aryl methyl sites for hydroxylation is 1. The molecule has 0 bridgehead atoms. The monoisotopic (exact) mass is 416 g/mol. The summed E-state index contributed by atoms with van der Waals surface area (Å²) in [6.07, 6.45) is 1.66. The van der Waals surface area contributed by atoms with E-state index in [2.05, 4.69) is 5.32 Å². The molecule has 0 saturated heterocycles. The standard InChI is InChI=1S/C23H29ClN2O3/c1-4-15-25-23(28)17(2)26(16-18-9-12-20(29-3)13-10-18)22(27)14-11-19-7-5-6-8-21(19)24/h5-10,12-13,17H,4,11,14-16H2,1-3H3,(H,25,28). The van der Waals surface area contributed by atoms with Crippen LogP contribution in [0, 0.1) is 0 Å². The SMILES string of the molecule is CCCNC(=O)C(C)N(Cc1ccc(OC)cc1)C(=O)CCc1ccccc1Cl. The van der Waals surface area contributed by atoms with Crippen molar-refractivity contribution in [2.75, 3.05) is 13.7 Å². The first-order chi connectivity index (χ1) is 14.0. The molecule has 2 aromatic carbocycles. The minimum absolute atomic E-state index is 0.0834. The van der Waals surface area contributed by atoms with Crippen LogP contribution in [0.5, 0.6) is 5.75 Å². The second-order valence-electron chi connectivity index (χ2n) is 6.93. The summed E-state index contributed by atoms with van der Waals surface area (Å²) in [5, 5.41) is 3.53. The predicted octanol–water partition coefficient (Wildman–Crippen LogP) is 4.22. The molecule has 0 radical (unpaired) electrons. The molecule has 2 rings (SSSR count). The first kappa shape index (κ1) is 22.8. The van der Waals surface area contributed by atoms with Crippen molar-refractivity contribution in [1.82, 2.24) is 10.2 Å². The van der Waals surface area contributed by atoms with E-state index in [0.29, 0.717) is 24.5 Å². The van der Waals surface area contributed by atoms with Crippen LogP contribution in [-0.4, -0.2) is 36.4 Å². The number of hydrogen-bond donors (Lipinski definition) is 1. The second kappa shape index (κ2) is 11.5. The van der Waals surface area contributed by atoms with E-state index in [4.69, 9.17) is 16.3 Å². The number of carbonyl (C=O) groups is 2. The van der Waals surface area contributed by atoms with Crippen molar-refractivity contribution in [1.29, 1.82) is 0 Å². The molecule has 1 N–H and O–H groups in total. The topological polar surface area (TPSA) is 58.6 Å². The minimum atomic E-state index is -0.567. The largest absolute Gasteiger partial charge is 0.497 e. The van der Waals surface area contributed by atoms with Crippen molar-refractivity contribution in [3.05, 3.63) is 64.7 Å². The molecule has 0 spiro atoms. The maximum absolute atomic E-state index is 13.1. The van der Waals surface area contributed by atoms with Gasteiger partial charge in [-0.25, -0.2) is 0 Å². The Labute approximate surface area is 178 Å². The van der Waals surface area contributed by atoms with Gasteiger partial charge in [-0.2, -0.15) is 0 Å². The van der Waals surface area contributed by atoms with E-state index in [1.807, 2.05) is 55.5 Å². The average molecular weight is 417 g/mol. The third-order valence-corrected chi connectivity index (χ3v) is 5.16. The van der Waals surface area contributed by atoms with Crippen molar-refractivity contribution < 1.29 is 14.3 Å². The second-order valence-corrected chi connectivity index (χ2v) is 7.34. The van der Waals surface area contributed by atoms with E-state index in [9.17, 15) is 9.59 Å². The zero-order valence-corrected chi connectivity index (χ0v) is 18.0. The Kier molecular flexibility index (Phi) is 9.00. The van der Waals surface area contributed by atoms with E-state index in [0.717, 1.165) is 23.3 Å². The van der Waals surface area contributed by atoms with Gasteiger partial charge in [-0.1, -0.05) is 48.9 Å². The molecule has 1 unspecified atom stereocenters. The van der Waals surface area contributed by atoms with Gasteiger partial charge in [0.15, 0.2) is 0 Å². The highest BCUT2D eigenvalue weighted by Gasteiger charge is 2.25. The number of methoxy groups -OCH3 is 1. The van der Waals surface area contributed by atoms with Gasteiger partial charge in [-0.15, -0.1) is 0 Å². The summed E-state index contributed by atoms with van der Waals surface area (Å²) in [5.41, 5.74) is 1.86. The number of nitrogens with one attached hydrogen (secondary N) is 1. The van der Waals surface area contributed by atoms with Crippen LogP contribution in [0.25, 0.3) is 0 Å². The van der Waals surface area contributed by atoms with E-state index in [1.165, 1.54) is 0 Å². The lowest BCUT2D eigenvalue weighted by Gasteiger charge is -2.29. The van der Waals surface area contributed by atoms with E-state index in [-0.39, 0.29) is 18.2 Å². The molecule has 156 valence electrons.